The van der Waals surface area contributed by atoms with Crippen molar-refractivity contribution in [3.8, 4) is 5.75 Å². The van der Waals surface area contributed by atoms with E-state index in [0.717, 1.165) is 17.8 Å². The monoisotopic (exact) mass is 230 g/mol. The number of hydrogen-bond donors (Lipinski definition) is 1. The van der Waals surface area contributed by atoms with Crippen LogP contribution in [0.3, 0.4) is 0 Å². The Kier molecular flexibility index (Phi) is 2.30. The number of hydrogen-bond acceptors (Lipinski definition) is 1. The number of benzene rings is 1. The van der Waals surface area contributed by atoms with E-state index in [1.54, 1.807) is 0 Å². The summed E-state index contributed by atoms with van der Waals surface area (Å²) in [5, 5.41) is 10.0. The first-order chi connectivity index (χ1) is 8.01. The zero-order valence-electron chi connectivity index (χ0n) is 11.0. The molecule has 1 heteroatoms. The highest BCUT2D eigenvalue weighted by Gasteiger charge is 2.55. The van der Waals surface area contributed by atoms with Crippen LogP contribution < -0.4 is 0 Å². The maximum Gasteiger partial charge on any atom is 0.119 e. The second-order valence-electron chi connectivity index (χ2n) is 6.61. The molecule has 2 bridgehead atoms. The Bertz CT molecular complexity index is 431. The molecule has 4 atom stereocenters. The SMILES string of the molecule is C[C@@H]1[C@@H]2C[C@@H](C[C@@H]2c2ccccc2O)C1(C)C. The van der Waals surface area contributed by atoms with Crippen LogP contribution in [-0.4, -0.2) is 5.11 Å². The third-order valence-corrected chi connectivity index (χ3v) is 5.82. The summed E-state index contributed by atoms with van der Waals surface area (Å²) in [6.07, 6.45) is 2.62. The minimum absolute atomic E-state index is 0.492. The van der Waals surface area contributed by atoms with E-state index < -0.39 is 0 Å². The molecule has 2 fully saturated rings. The van der Waals surface area contributed by atoms with Gasteiger partial charge in [0.2, 0.25) is 0 Å². The van der Waals surface area contributed by atoms with Crippen molar-refractivity contribution in [2.45, 2.75) is 39.5 Å². The van der Waals surface area contributed by atoms with E-state index in [1.807, 2.05) is 12.1 Å². The first kappa shape index (κ1) is 11.1. The molecule has 1 aromatic rings. The standard InChI is InChI=1S/C16H22O/c1-10-13-8-11(16(10,2)3)9-14(13)12-6-4-5-7-15(12)17/h4-7,10-11,13-14,17H,8-9H2,1-3H3/t10-,11+,13+,14-/m1/s1. The third kappa shape index (κ3) is 1.44. The normalized spacial score (nSPS) is 38.5. The van der Waals surface area contributed by atoms with Crippen LogP contribution >= 0.6 is 0 Å². The van der Waals surface area contributed by atoms with Crippen LogP contribution in [0.4, 0.5) is 0 Å². The highest BCUT2D eigenvalue weighted by Crippen LogP contribution is 2.64. The minimum atomic E-state index is 0.492. The molecule has 0 amide bonds. The van der Waals surface area contributed by atoms with Crippen molar-refractivity contribution >= 4 is 0 Å². The summed E-state index contributed by atoms with van der Waals surface area (Å²) in [4.78, 5) is 0. The van der Waals surface area contributed by atoms with Crippen LogP contribution in [0.15, 0.2) is 24.3 Å². The topological polar surface area (TPSA) is 20.2 Å². The minimum Gasteiger partial charge on any atom is -0.508 e. The zero-order valence-corrected chi connectivity index (χ0v) is 11.0. The molecule has 0 unspecified atom stereocenters. The summed E-state index contributed by atoms with van der Waals surface area (Å²) in [6, 6.07) is 7.91. The van der Waals surface area contributed by atoms with E-state index in [1.165, 1.54) is 18.4 Å². The summed E-state index contributed by atoms with van der Waals surface area (Å²) < 4.78 is 0. The zero-order chi connectivity index (χ0) is 12.2. The molecule has 1 nitrogen and oxygen atoms in total. The van der Waals surface area contributed by atoms with E-state index in [0.29, 0.717) is 17.1 Å². The molecule has 92 valence electrons. The number of phenols is 1. The number of phenolic OH excluding ortho intramolecular Hbond substituents is 1. The van der Waals surface area contributed by atoms with E-state index >= 15 is 0 Å². The molecular weight excluding hydrogens is 208 g/mol. The maximum absolute atomic E-state index is 10.0. The van der Waals surface area contributed by atoms with Crippen molar-refractivity contribution in [3.05, 3.63) is 29.8 Å². The average Bonchev–Trinajstić information content (AvgIpc) is 2.80. The molecule has 2 aliphatic rings. The lowest BCUT2D eigenvalue weighted by atomic mass is 9.65. The van der Waals surface area contributed by atoms with Crippen molar-refractivity contribution in [2.24, 2.45) is 23.2 Å². The largest absolute Gasteiger partial charge is 0.508 e. The van der Waals surface area contributed by atoms with Crippen LogP contribution in [0, 0.1) is 23.2 Å². The van der Waals surface area contributed by atoms with Gasteiger partial charge in [-0.25, -0.2) is 0 Å². The van der Waals surface area contributed by atoms with Gasteiger partial charge in [-0.2, -0.15) is 0 Å². The quantitative estimate of drug-likeness (QED) is 0.767. The van der Waals surface area contributed by atoms with Crippen LogP contribution in [0.25, 0.3) is 0 Å². The second kappa shape index (κ2) is 3.51. The predicted octanol–water partition coefficient (Wildman–Crippen LogP) is 4.18. The van der Waals surface area contributed by atoms with E-state index in [4.69, 9.17) is 0 Å². The fraction of sp³-hybridized carbons (Fsp3) is 0.625. The number of para-hydroxylation sites is 1. The van der Waals surface area contributed by atoms with E-state index in [-0.39, 0.29) is 0 Å². The highest BCUT2D eigenvalue weighted by atomic mass is 16.3. The van der Waals surface area contributed by atoms with Crippen molar-refractivity contribution in [3.63, 3.8) is 0 Å². The van der Waals surface area contributed by atoms with Gasteiger partial charge in [0.1, 0.15) is 5.75 Å². The molecule has 0 radical (unpaired) electrons. The molecule has 1 aromatic carbocycles. The van der Waals surface area contributed by atoms with Gasteiger partial charge in [-0.15, -0.1) is 0 Å². The van der Waals surface area contributed by atoms with Crippen molar-refractivity contribution in [1.29, 1.82) is 0 Å². The van der Waals surface area contributed by atoms with Gasteiger partial charge in [0, 0.05) is 0 Å². The van der Waals surface area contributed by atoms with Crippen LogP contribution in [0.2, 0.25) is 0 Å². The Hall–Kier alpha value is -0.980. The van der Waals surface area contributed by atoms with Gasteiger partial charge in [0.15, 0.2) is 0 Å². The smallest absolute Gasteiger partial charge is 0.119 e. The predicted molar refractivity (Wildman–Crippen MR) is 70.0 cm³/mol. The first-order valence-electron chi connectivity index (χ1n) is 6.79. The number of rotatable bonds is 1. The lowest BCUT2D eigenvalue weighted by Crippen LogP contribution is -2.32. The highest BCUT2D eigenvalue weighted by molar-refractivity contribution is 5.37. The van der Waals surface area contributed by atoms with Gasteiger partial charge in [0.05, 0.1) is 0 Å². The molecule has 3 rings (SSSR count). The molecule has 2 saturated carbocycles. The summed E-state index contributed by atoms with van der Waals surface area (Å²) in [6.45, 7) is 7.24. The lowest BCUT2D eigenvalue weighted by molar-refractivity contribution is 0.121. The molecule has 1 N–H and O–H groups in total. The molecule has 0 aromatic heterocycles. The third-order valence-electron chi connectivity index (χ3n) is 5.82. The van der Waals surface area contributed by atoms with Crippen molar-refractivity contribution in [1.82, 2.24) is 0 Å². The Morgan fingerprint density at radius 3 is 2.47 bits per heavy atom. The van der Waals surface area contributed by atoms with Gasteiger partial charge < -0.3 is 5.11 Å². The van der Waals surface area contributed by atoms with Gasteiger partial charge >= 0.3 is 0 Å². The molecule has 0 heterocycles. The van der Waals surface area contributed by atoms with Gasteiger partial charge in [-0.05, 0) is 53.6 Å². The Balaban J connectivity index is 1.93. The Labute approximate surface area is 104 Å². The van der Waals surface area contributed by atoms with Gasteiger partial charge in [-0.1, -0.05) is 39.0 Å². The molecule has 0 saturated heterocycles. The number of aromatic hydroxyl groups is 1. The Morgan fingerprint density at radius 2 is 1.88 bits per heavy atom. The van der Waals surface area contributed by atoms with Crippen LogP contribution in [-0.2, 0) is 0 Å². The van der Waals surface area contributed by atoms with Crippen LogP contribution in [0.1, 0.15) is 45.1 Å². The summed E-state index contributed by atoms with van der Waals surface area (Å²) in [7, 11) is 0. The van der Waals surface area contributed by atoms with Gasteiger partial charge in [0.25, 0.3) is 0 Å². The van der Waals surface area contributed by atoms with E-state index in [2.05, 4.69) is 32.9 Å². The van der Waals surface area contributed by atoms with Crippen molar-refractivity contribution in [2.75, 3.05) is 0 Å². The molecule has 0 spiro atoms. The van der Waals surface area contributed by atoms with Crippen LogP contribution in [0.5, 0.6) is 5.75 Å². The Morgan fingerprint density at radius 1 is 1.18 bits per heavy atom. The average molecular weight is 230 g/mol. The fourth-order valence-corrected chi connectivity index (χ4v) is 4.31. The first-order valence-corrected chi connectivity index (χ1v) is 6.79. The number of fused-ring (bicyclic) bond motifs is 2. The molecular formula is C16H22O. The summed E-state index contributed by atoms with van der Waals surface area (Å²) in [5.74, 6) is 3.46. The summed E-state index contributed by atoms with van der Waals surface area (Å²) >= 11 is 0. The lowest BCUT2D eigenvalue weighted by Gasteiger charge is -2.40. The van der Waals surface area contributed by atoms with Crippen molar-refractivity contribution < 1.29 is 5.11 Å². The molecule has 0 aliphatic heterocycles. The summed E-state index contributed by atoms with van der Waals surface area (Å²) in [5.41, 5.74) is 1.67. The molecule has 17 heavy (non-hydrogen) atoms. The maximum atomic E-state index is 10.0. The molecule has 2 aliphatic carbocycles. The van der Waals surface area contributed by atoms with Gasteiger partial charge in [-0.3, -0.25) is 0 Å². The fourth-order valence-electron chi connectivity index (χ4n) is 4.31. The second-order valence-corrected chi connectivity index (χ2v) is 6.61. The van der Waals surface area contributed by atoms with E-state index in [9.17, 15) is 5.11 Å².